The summed E-state index contributed by atoms with van der Waals surface area (Å²) >= 11 is 0. The third-order valence-corrected chi connectivity index (χ3v) is 5.92. The van der Waals surface area contributed by atoms with E-state index in [1.807, 2.05) is 39.0 Å². The summed E-state index contributed by atoms with van der Waals surface area (Å²) in [4.78, 5) is 23.9. The lowest BCUT2D eigenvalue weighted by atomic mass is 9.72. The molecule has 0 aromatic heterocycles. The molecule has 4 N–H and O–H groups in total. The number of hydrogen-bond donors (Lipinski definition) is 3. The van der Waals surface area contributed by atoms with E-state index in [4.69, 9.17) is 5.73 Å². The monoisotopic (exact) mass is 441 g/mol. The normalized spacial score (nSPS) is 18.5. The molecule has 1 aliphatic carbocycles. The molecule has 0 bridgehead atoms. The van der Waals surface area contributed by atoms with Crippen molar-refractivity contribution in [2.75, 3.05) is 13.1 Å². The maximum atomic E-state index is 12.4. The van der Waals surface area contributed by atoms with Crippen molar-refractivity contribution in [1.82, 2.24) is 10.6 Å². The second-order valence-electron chi connectivity index (χ2n) is 9.72. The van der Waals surface area contributed by atoms with E-state index in [-0.39, 0.29) is 29.7 Å². The van der Waals surface area contributed by atoms with Gasteiger partial charge in [-0.1, -0.05) is 80.9 Å². The van der Waals surface area contributed by atoms with Gasteiger partial charge in [0.25, 0.3) is 0 Å². The molecule has 1 aliphatic rings. The Bertz CT molecular complexity index is 811. The Balaban J connectivity index is 2.63. The first-order valence-corrected chi connectivity index (χ1v) is 11.6. The Labute approximate surface area is 195 Å². The number of carbonyl (C=O) groups is 2. The van der Waals surface area contributed by atoms with Gasteiger partial charge in [-0.3, -0.25) is 9.59 Å². The zero-order valence-corrected chi connectivity index (χ0v) is 21.0. The van der Waals surface area contributed by atoms with Crippen molar-refractivity contribution in [3.63, 3.8) is 0 Å². The van der Waals surface area contributed by atoms with Gasteiger partial charge in [0.1, 0.15) is 6.04 Å². The van der Waals surface area contributed by atoms with Crippen molar-refractivity contribution >= 4 is 11.8 Å². The SMILES string of the molecule is CC(C=CC1=C(C)CCCC1(C)C)=CC=CC(C)=CCNC(=O)C(NC(=O)CN)C(C)C. The molecule has 0 aromatic carbocycles. The molecule has 1 unspecified atom stereocenters. The Morgan fingerprint density at radius 3 is 2.44 bits per heavy atom. The van der Waals surface area contributed by atoms with Gasteiger partial charge in [-0.25, -0.2) is 0 Å². The molecule has 0 saturated carbocycles. The maximum Gasteiger partial charge on any atom is 0.243 e. The summed E-state index contributed by atoms with van der Waals surface area (Å²) in [6.45, 7) is 15.1. The Morgan fingerprint density at radius 1 is 1.16 bits per heavy atom. The van der Waals surface area contributed by atoms with Crippen LogP contribution in [0.4, 0.5) is 0 Å². The first-order chi connectivity index (χ1) is 15.0. The summed E-state index contributed by atoms with van der Waals surface area (Å²) in [5.41, 5.74) is 10.8. The molecular weight excluding hydrogens is 398 g/mol. The number of nitrogens with one attached hydrogen (secondary N) is 2. The van der Waals surface area contributed by atoms with Gasteiger partial charge < -0.3 is 16.4 Å². The number of carbonyl (C=O) groups excluding carboxylic acids is 2. The van der Waals surface area contributed by atoms with E-state index in [1.165, 1.54) is 36.0 Å². The molecule has 1 rings (SSSR count). The van der Waals surface area contributed by atoms with E-state index in [0.29, 0.717) is 6.54 Å². The lowest BCUT2D eigenvalue weighted by Gasteiger charge is -2.32. The third kappa shape index (κ3) is 9.39. The van der Waals surface area contributed by atoms with Crippen LogP contribution in [-0.4, -0.2) is 30.9 Å². The molecule has 5 heteroatoms. The van der Waals surface area contributed by atoms with Gasteiger partial charge in [-0.2, -0.15) is 0 Å². The summed E-state index contributed by atoms with van der Waals surface area (Å²) in [6, 6.07) is -0.583. The molecule has 178 valence electrons. The van der Waals surface area contributed by atoms with Gasteiger partial charge in [0.15, 0.2) is 0 Å². The van der Waals surface area contributed by atoms with Crippen molar-refractivity contribution in [2.24, 2.45) is 17.1 Å². The van der Waals surface area contributed by atoms with Gasteiger partial charge in [-0.05, 0) is 56.9 Å². The number of nitrogens with two attached hydrogens (primary N) is 1. The topological polar surface area (TPSA) is 84.2 Å². The van der Waals surface area contributed by atoms with Crippen LogP contribution < -0.4 is 16.4 Å². The summed E-state index contributed by atoms with van der Waals surface area (Å²) < 4.78 is 0. The Morgan fingerprint density at radius 2 is 1.84 bits per heavy atom. The minimum Gasteiger partial charge on any atom is -0.351 e. The fourth-order valence-corrected chi connectivity index (χ4v) is 3.89. The van der Waals surface area contributed by atoms with Crippen molar-refractivity contribution in [3.05, 3.63) is 58.7 Å². The number of hydrogen-bond acceptors (Lipinski definition) is 3. The molecule has 0 saturated heterocycles. The predicted octanol–water partition coefficient (Wildman–Crippen LogP) is 4.73. The van der Waals surface area contributed by atoms with Gasteiger partial charge in [0.05, 0.1) is 6.54 Å². The van der Waals surface area contributed by atoms with Crippen LogP contribution in [0, 0.1) is 11.3 Å². The number of amides is 2. The lowest BCUT2D eigenvalue weighted by Crippen LogP contribution is -2.51. The van der Waals surface area contributed by atoms with Crippen LogP contribution in [0.5, 0.6) is 0 Å². The molecule has 1 atom stereocenters. The highest BCUT2D eigenvalue weighted by molar-refractivity contribution is 5.88. The average molecular weight is 442 g/mol. The fourth-order valence-electron chi connectivity index (χ4n) is 3.89. The molecule has 32 heavy (non-hydrogen) atoms. The second kappa shape index (κ2) is 13.2. The van der Waals surface area contributed by atoms with Crippen molar-refractivity contribution in [1.29, 1.82) is 0 Å². The second-order valence-corrected chi connectivity index (χ2v) is 9.72. The quantitative estimate of drug-likeness (QED) is 0.428. The molecule has 0 heterocycles. The average Bonchev–Trinajstić information content (AvgIpc) is 2.70. The van der Waals surface area contributed by atoms with Crippen LogP contribution in [0.2, 0.25) is 0 Å². The Kier molecular flexibility index (Phi) is 11.4. The highest BCUT2D eigenvalue weighted by atomic mass is 16.2. The van der Waals surface area contributed by atoms with Crippen LogP contribution >= 0.6 is 0 Å². The van der Waals surface area contributed by atoms with Crippen molar-refractivity contribution < 1.29 is 9.59 Å². The maximum absolute atomic E-state index is 12.4. The van der Waals surface area contributed by atoms with E-state index in [2.05, 4.69) is 56.6 Å². The molecule has 5 nitrogen and oxygen atoms in total. The van der Waals surface area contributed by atoms with Crippen molar-refractivity contribution in [2.45, 2.75) is 73.8 Å². The molecule has 0 aliphatic heterocycles. The van der Waals surface area contributed by atoms with E-state index < -0.39 is 6.04 Å². The number of rotatable bonds is 10. The third-order valence-electron chi connectivity index (χ3n) is 5.92. The molecular formula is C27H43N3O2. The smallest absolute Gasteiger partial charge is 0.243 e. The van der Waals surface area contributed by atoms with Crippen LogP contribution in [0.3, 0.4) is 0 Å². The Hall–Kier alpha value is -2.40. The predicted molar refractivity (Wildman–Crippen MR) is 135 cm³/mol. The molecule has 2 amide bonds. The van der Waals surface area contributed by atoms with E-state index >= 15 is 0 Å². The molecule has 0 radical (unpaired) electrons. The van der Waals surface area contributed by atoms with Gasteiger partial charge in [0, 0.05) is 6.54 Å². The van der Waals surface area contributed by atoms with Crippen molar-refractivity contribution in [3.8, 4) is 0 Å². The van der Waals surface area contributed by atoms with Crippen LogP contribution in [0.15, 0.2) is 58.7 Å². The van der Waals surface area contributed by atoms with E-state index in [0.717, 1.165) is 5.57 Å². The minimum absolute atomic E-state index is 0.0182. The molecule has 0 aromatic rings. The largest absolute Gasteiger partial charge is 0.351 e. The number of allylic oxidation sites excluding steroid dienone is 9. The summed E-state index contributed by atoms with van der Waals surface area (Å²) in [5.74, 6) is -0.551. The lowest BCUT2D eigenvalue weighted by molar-refractivity contribution is -0.129. The van der Waals surface area contributed by atoms with Gasteiger partial charge in [0.2, 0.25) is 11.8 Å². The fraction of sp³-hybridized carbons (Fsp3) is 0.556. The first kappa shape index (κ1) is 27.6. The van der Waals surface area contributed by atoms with Crippen LogP contribution in [0.1, 0.15) is 67.7 Å². The van der Waals surface area contributed by atoms with E-state index in [9.17, 15) is 9.59 Å². The summed E-state index contributed by atoms with van der Waals surface area (Å²) in [5, 5.41) is 5.52. The summed E-state index contributed by atoms with van der Waals surface area (Å²) in [6.07, 6.45) is 16.3. The molecule has 0 fully saturated rings. The van der Waals surface area contributed by atoms with Gasteiger partial charge in [-0.15, -0.1) is 0 Å². The zero-order chi connectivity index (χ0) is 24.3. The molecule has 0 spiro atoms. The highest BCUT2D eigenvalue weighted by Crippen LogP contribution is 2.40. The summed E-state index contributed by atoms with van der Waals surface area (Å²) in [7, 11) is 0. The van der Waals surface area contributed by atoms with Gasteiger partial charge >= 0.3 is 0 Å². The minimum atomic E-state index is -0.583. The zero-order valence-electron chi connectivity index (χ0n) is 21.0. The van der Waals surface area contributed by atoms with Crippen LogP contribution in [0.25, 0.3) is 0 Å². The van der Waals surface area contributed by atoms with Crippen LogP contribution in [-0.2, 0) is 9.59 Å². The standard InChI is InChI=1S/C27H43N3O2/c1-19(2)25(30-24(31)18-28)26(32)29-17-15-21(4)11-8-10-20(3)13-14-23-22(5)12-9-16-27(23,6)7/h8,10-11,13-15,19,25H,9,12,16-18,28H2,1-7H3,(H,29,32)(H,30,31). The highest BCUT2D eigenvalue weighted by Gasteiger charge is 2.26. The first-order valence-electron chi connectivity index (χ1n) is 11.6. The van der Waals surface area contributed by atoms with E-state index in [1.54, 1.807) is 0 Å².